The number of hydrogen-bond donors (Lipinski definition) is 0. The van der Waals surface area contributed by atoms with E-state index in [2.05, 4.69) is 6.92 Å². The molecule has 0 rings (SSSR count). The van der Waals surface area contributed by atoms with E-state index in [-0.39, 0.29) is 6.67 Å². The van der Waals surface area contributed by atoms with Crippen molar-refractivity contribution in [1.82, 2.24) is 0 Å². The van der Waals surface area contributed by atoms with E-state index in [9.17, 15) is 4.39 Å². The minimum atomic E-state index is -0.187. The lowest BCUT2D eigenvalue weighted by atomic mass is 10.0. The first-order valence-corrected chi connectivity index (χ1v) is 6.93. The van der Waals surface area contributed by atoms with Crippen molar-refractivity contribution in [2.75, 3.05) is 13.8 Å². The maximum absolute atomic E-state index is 11.9. The summed E-state index contributed by atoms with van der Waals surface area (Å²) >= 11 is 0. The third kappa shape index (κ3) is 10.4. The summed E-state index contributed by atoms with van der Waals surface area (Å²) in [7, 11) is 1.77. The summed E-state index contributed by atoms with van der Waals surface area (Å²) in [6.07, 6.45) is 12.2. The van der Waals surface area contributed by atoms with Crippen LogP contribution in [0.5, 0.6) is 0 Å². The van der Waals surface area contributed by atoms with Crippen LogP contribution in [0, 0.1) is 0 Å². The van der Waals surface area contributed by atoms with Gasteiger partial charge in [0.05, 0.1) is 12.8 Å². The first-order chi connectivity index (χ1) is 7.85. The number of alkyl halides is 1. The Kier molecular flexibility index (Phi) is 12.9. The van der Waals surface area contributed by atoms with Crippen molar-refractivity contribution in [2.45, 2.75) is 77.2 Å². The van der Waals surface area contributed by atoms with Crippen molar-refractivity contribution >= 4 is 0 Å². The predicted molar refractivity (Wildman–Crippen MR) is 68.6 cm³/mol. The molecule has 0 amide bonds. The lowest BCUT2D eigenvalue weighted by Gasteiger charge is -2.14. The maximum atomic E-state index is 11.9. The van der Waals surface area contributed by atoms with Gasteiger partial charge in [-0.3, -0.25) is 4.39 Å². The number of halogens is 1. The third-order valence-corrected chi connectivity index (χ3v) is 3.12. The zero-order valence-electron chi connectivity index (χ0n) is 11.1. The highest BCUT2D eigenvalue weighted by Crippen LogP contribution is 2.14. The van der Waals surface area contributed by atoms with Crippen LogP contribution in [0.4, 0.5) is 4.39 Å². The van der Waals surface area contributed by atoms with E-state index >= 15 is 0 Å². The molecule has 0 spiro atoms. The Morgan fingerprint density at radius 1 is 0.875 bits per heavy atom. The zero-order chi connectivity index (χ0) is 12.1. The molecule has 0 heterocycles. The molecule has 1 nitrogen and oxygen atoms in total. The van der Waals surface area contributed by atoms with Crippen LogP contribution in [0.3, 0.4) is 0 Å². The molecule has 0 fully saturated rings. The second-order valence-corrected chi connectivity index (χ2v) is 4.60. The molecule has 0 saturated carbocycles. The highest BCUT2D eigenvalue weighted by Gasteiger charge is 2.06. The van der Waals surface area contributed by atoms with Gasteiger partial charge in [0.25, 0.3) is 0 Å². The van der Waals surface area contributed by atoms with E-state index in [4.69, 9.17) is 4.74 Å². The molecule has 1 unspecified atom stereocenters. The fraction of sp³-hybridized carbons (Fsp3) is 1.00. The van der Waals surface area contributed by atoms with Gasteiger partial charge in [0.1, 0.15) is 0 Å². The van der Waals surface area contributed by atoms with Crippen molar-refractivity contribution in [1.29, 1.82) is 0 Å². The first kappa shape index (κ1) is 15.9. The molecule has 0 radical (unpaired) electrons. The van der Waals surface area contributed by atoms with Gasteiger partial charge in [0.2, 0.25) is 0 Å². The van der Waals surface area contributed by atoms with Crippen molar-refractivity contribution in [3.63, 3.8) is 0 Å². The van der Waals surface area contributed by atoms with Gasteiger partial charge in [-0.15, -0.1) is 0 Å². The zero-order valence-corrected chi connectivity index (χ0v) is 11.1. The van der Waals surface area contributed by atoms with Gasteiger partial charge in [-0.25, -0.2) is 0 Å². The average molecular weight is 232 g/mol. The summed E-state index contributed by atoms with van der Waals surface area (Å²) in [5.41, 5.74) is 0. The second-order valence-electron chi connectivity index (χ2n) is 4.60. The van der Waals surface area contributed by atoms with Crippen LogP contribution >= 0.6 is 0 Å². The number of methoxy groups -OCH3 is 1. The Hall–Kier alpha value is -0.110. The predicted octanol–water partition coefficient (Wildman–Crippen LogP) is 4.89. The Morgan fingerprint density at radius 2 is 1.44 bits per heavy atom. The summed E-state index contributed by atoms with van der Waals surface area (Å²) in [5, 5.41) is 0. The average Bonchev–Trinajstić information content (AvgIpc) is 2.31. The summed E-state index contributed by atoms with van der Waals surface area (Å²) in [4.78, 5) is 0. The number of ether oxygens (including phenoxy) is 1. The summed E-state index contributed by atoms with van der Waals surface area (Å²) in [5.74, 6) is 0. The fourth-order valence-electron chi connectivity index (χ4n) is 2.00. The molecule has 2 heteroatoms. The number of rotatable bonds is 12. The number of unbranched alkanes of at least 4 members (excludes halogenated alkanes) is 6. The smallest absolute Gasteiger partial charge is 0.0894 e. The van der Waals surface area contributed by atoms with E-state index in [1.807, 2.05) is 0 Å². The summed E-state index contributed by atoms with van der Waals surface area (Å²) < 4.78 is 17.3. The van der Waals surface area contributed by atoms with Gasteiger partial charge >= 0.3 is 0 Å². The van der Waals surface area contributed by atoms with E-state index in [0.717, 1.165) is 19.3 Å². The van der Waals surface area contributed by atoms with Crippen molar-refractivity contribution in [2.24, 2.45) is 0 Å². The maximum Gasteiger partial charge on any atom is 0.0894 e. The standard InChI is InChI=1S/C14H29FO/c1-3-4-5-6-7-8-11-14(16-2)12-9-10-13-15/h14H,3-13H2,1-2H3. The lowest BCUT2D eigenvalue weighted by molar-refractivity contribution is 0.0829. The quantitative estimate of drug-likeness (QED) is 0.435. The van der Waals surface area contributed by atoms with Gasteiger partial charge < -0.3 is 4.74 Å². The van der Waals surface area contributed by atoms with Gasteiger partial charge in [-0.1, -0.05) is 45.4 Å². The Morgan fingerprint density at radius 3 is 2.00 bits per heavy atom. The first-order valence-electron chi connectivity index (χ1n) is 6.93. The minimum Gasteiger partial charge on any atom is -0.381 e. The Bertz CT molecular complexity index is 128. The molecule has 0 aromatic carbocycles. The fourth-order valence-corrected chi connectivity index (χ4v) is 2.00. The molecule has 0 saturated heterocycles. The van der Waals surface area contributed by atoms with Crippen LogP contribution in [-0.4, -0.2) is 19.9 Å². The van der Waals surface area contributed by atoms with Crippen LogP contribution in [0.2, 0.25) is 0 Å². The highest BCUT2D eigenvalue weighted by molar-refractivity contribution is 4.58. The van der Waals surface area contributed by atoms with Crippen molar-refractivity contribution in [3.8, 4) is 0 Å². The van der Waals surface area contributed by atoms with Crippen LogP contribution < -0.4 is 0 Å². The van der Waals surface area contributed by atoms with Gasteiger partial charge in [0, 0.05) is 7.11 Å². The van der Waals surface area contributed by atoms with Crippen LogP contribution in [0.25, 0.3) is 0 Å². The molecule has 16 heavy (non-hydrogen) atoms. The molecule has 98 valence electrons. The van der Waals surface area contributed by atoms with Crippen LogP contribution in [0.1, 0.15) is 71.1 Å². The second kappa shape index (κ2) is 13.0. The number of hydrogen-bond acceptors (Lipinski definition) is 1. The molecule has 1 atom stereocenters. The largest absolute Gasteiger partial charge is 0.381 e. The lowest BCUT2D eigenvalue weighted by Crippen LogP contribution is -2.10. The Balaban J connectivity index is 3.26. The van der Waals surface area contributed by atoms with Gasteiger partial charge in [-0.2, -0.15) is 0 Å². The summed E-state index contributed by atoms with van der Waals surface area (Å²) in [6.45, 7) is 2.05. The molecule has 0 N–H and O–H groups in total. The SMILES string of the molecule is CCCCCCCCC(CCCCF)OC. The summed E-state index contributed by atoms with van der Waals surface area (Å²) in [6, 6.07) is 0. The van der Waals surface area contributed by atoms with Gasteiger partial charge in [-0.05, 0) is 25.7 Å². The topological polar surface area (TPSA) is 9.23 Å². The molecule has 0 aromatic heterocycles. The third-order valence-electron chi connectivity index (χ3n) is 3.12. The molecular formula is C14H29FO. The molecule has 0 aliphatic heterocycles. The monoisotopic (exact) mass is 232 g/mol. The molecule has 0 aromatic rings. The molecule has 0 aliphatic rings. The molecular weight excluding hydrogens is 203 g/mol. The highest BCUT2D eigenvalue weighted by atomic mass is 19.1. The van der Waals surface area contributed by atoms with E-state index < -0.39 is 0 Å². The van der Waals surface area contributed by atoms with E-state index in [1.54, 1.807) is 7.11 Å². The van der Waals surface area contributed by atoms with Gasteiger partial charge in [0.15, 0.2) is 0 Å². The molecule has 0 bridgehead atoms. The van der Waals surface area contributed by atoms with E-state index in [1.165, 1.54) is 38.5 Å². The van der Waals surface area contributed by atoms with E-state index in [0.29, 0.717) is 12.5 Å². The normalized spacial score (nSPS) is 12.9. The minimum absolute atomic E-state index is 0.187. The van der Waals surface area contributed by atoms with Crippen LogP contribution in [0.15, 0.2) is 0 Å². The van der Waals surface area contributed by atoms with Crippen LogP contribution in [-0.2, 0) is 4.74 Å². The van der Waals surface area contributed by atoms with Crippen molar-refractivity contribution < 1.29 is 9.13 Å². The van der Waals surface area contributed by atoms with Crippen molar-refractivity contribution in [3.05, 3.63) is 0 Å². The Labute approximate surface area is 101 Å². The molecule has 0 aliphatic carbocycles.